The fraction of sp³-hybridized carbons (Fsp3) is 0.421. The molecule has 1 saturated heterocycles. The number of barbiturate groups is 1. The van der Waals surface area contributed by atoms with Gasteiger partial charge in [0.25, 0.3) is 11.8 Å². The molecular weight excluding hydrogens is 336 g/mol. The number of methoxy groups -OCH3 is 1. The molecule has 1 aromatic rings. The first-order valence-corrected chi connectivity index (χ1v) is 8.76. The number of hydrogen-bond acceptors (Lipinski definition) is 5. The number of carbonyl (C=O) groups excluding carboxylic acids is 3. The Labute approximate surface area is 151 Å². The highest BCUT2D eigenvalue weighted by molar-refractivity contribution is 6.31. The molecule has 26 heavy (non-hydrogen) atoms. The van der Waals surface area contributed by atoms with Crippen molar-refractivity contribution >= 4 is 23.9 Å². The van der Waals surface area contributed by atoms with Gasteiger partial charge in [-0.25, -0.2) is 4.79 Å². The van der Waals surface area contributed by atoms with Crippen molar-refractivity contribution in [2.45, 2.75) is 38.6 Å². The summed E-state index contributed by atoms with van der Waals surface area (Å²) in [6.07, 6.45) is 4.98. The molecule has 7 nitrogen and oxygen atoms in total. The van der Waals surface area contributed by atoms with E-state index in [4.69, 9.17) is 9.47 Å². The normalized spacial score (nSPS) is 19.8. The highest BCUT2D eigenvalue weighted by atomic mass is 16.5. The van der Waals surface area contributed by atoms with Gasteiger partial charge >= 0.3 is 6.03 Å². The van der Waals surface area contributed by atoms with Crippen LogP contribution >= 0.6 is 0 Å². The van der Waals surface area contributed by atoms with Crippen LogP contribution in [-0.2, 0) is 9.59 Å². The molecule has 0 aromatic heterocycles. The molecule has 1 aliphatic heterocycles. The zero-order valence-electron chi connectivity index (χ0n) is 14.9. The lowest BCUT2D eigenvalue weighted by Crippen LogP contribution is -2.57. The van der Waals surface area contributed by atoms with Crippen LogP contribution in [0.5, 0.6) is 11.5 Å². The quantitative estimate of drug-likeness (QED) is 0.646. The summed E-state index contributed by atoms with van der Waals surface area (Å²) in [6.45, 7) is 2.37. The first kappa shape index (κ1) is 18.0. The van der Waals surface area contributed by atoms with Gasteiger partial charge in [-0.2, -0.15) is 0 Å². The molecule has 0 bridgehead atoms. The first-order chi connectivity index (χ1) is 12.5. The summed E-state index contributed by atoms with van der Waals surface area (Å²) in [5.41, 5.74) is 0.562. The van der Waals surface area contributed by atoms with E-state index in [2.05, 4.69) is 5.32 Å². The highest BCUT2D eigenvalue weighted by Crippen LogP contribution is 2.30. The van der Waals surface area contributed by atoms with Gasteiger partial charge in [0.05, 0.1) is 13.7 Å². The maximum Gasteiger partial charge on any atom is 0.331 e. The molecule has 0 radical (unpaired) electrons. The molecule has 1 aromatic carbocycles. The number of carbonyl (C=O) groups is 3. The molecule has 2 fully saturated rings. The summed E-state index contributed by atoms with van der Waals surface area (Å²) >= 11 is 0. The summed E-state index contributed by atoms with van der Waals surface area (Å²) in [4.78, 5) is 38.3. The third-order valence-corrected chi connectivity index (χ3v) is 4.62. The van der Waals surface area contributed by atoms with Gasteiger partial charge in [0.15, 0.2) is 11.5 Å². The molecule has 0 atom stereocenters. The monoisotopic (exact) mass is 358 g/mol. The van der Waals surface area contributed by atoms with Crippen molar-refractivity contribution < 1.29 is 23.9 Å². The van der Waals surface area contributed by atoms with Gasteiger partial charge in [-0.3, -0.25) is 19.8 Å². The summed E-state index contributed by atoms with van der Waals surface area (Å²) in [5, 5.41) is 2.27. The number of urea groups is 1. The zero-order valence-corrected chi connectivity index (χ0v) is 14.9. The van der Waals surface area contributed by atoms with E-state index in [1.807, 2.05) is 6.92 Å². The Morgan fingerprint density at radius 3 is 2.58 bits per heavy atom. The largest absolute Gasteiger partial charge is 0.493 e. The number of rotatable bonds is 5. The minimum atomic E-state index is -0.679. The molecular formula is C19H22N2O5. The Hall–Kier alpha value is -2.83. The summed E-state index contributed by atoms with van der Waals surface area (Å²) < 4.78 is 10.8. The second-order valence-electron chi connectivity index (χ2n) is 6.27. The van der Waals surface area contributed by atoms with Crippen LogP contribution in [0.4, 0.5) is 4.79 Å². The number of nitrogens with one attached hydrogen (secondary N) is 1. The predicted molar refractivity (Wildman–Crippen MR) is 94.8 cm³/mol. The fourth-order valence-corrected chi connectivity index (χ4v) is 3.38. The van der Waals surface area contributed by atoms with Gasteiger partial charge < -0.3 is 9.47 Å². The molecule has 138 valence electrons. The van der Waals surface area contributed by atoms with E-state index in [1.165, 1.54) is 18.1 Å². The van der Waals surface area contributed by atoms with E-state index >= 15 is 0 Å². The maximum absolute atomic E-state index is 12.8. The predicted octanol–water partition coefficient (Wildman–Crippen LogP) is 2.50. The lowest BCUT2D eigenvalue weighted by Gasteiger charge is -2.31. The van der Waals surface area contributed by atoms with E-state index in [1.54, 1.807) is 18.2 Å². The van der Waals surface area contributed by atoms with Gasteiger partial charge in [-0.05, 0) is 43.5 Å². The van der Waals surface area contributed by atoms with Gasteiger partial charge in [-0.15, -0.1) is 0 Å². The smallest absolute Gasteiger partial charge is 0.331 e. The zero-order chi connectivity index (χ0) is 18.7. The SMILES string of the molecule is CCOc1ccc(/C=C2/C(=O)NC(=O)N(C3CCCC3)C2=O)cc1OC. The van der Waals surface area contributed by atoms with E-state index in [-0.39, 0.29) is 11.6 Å². The molecule has 1 heterocycles. The molecule has 1 N–H and O–H groups in total. The molecule has 1 aliphatic carbocycles. The number of ether oxygens (including phenoxy) is 2. The van der Waals surface area contributed by atoms with Crippen molar-refractivity contribution in [2.75, 3.05) is 13.7 Å². The van der Waals surface area contributed by atoms with Crippen molar-refractivity contribution in [2.24, 2.45) is 0 Å². The van der Waals surface area contributed by atoms with Crippen molar-refractivity contribution in [1.82, 2.24) is 10.2 Å². The van der Waals surface area contributed by atoms with Crippen molar-refractivity contribution in [3.8, 4) is 11.5 Å². The number of nitrogens with zero attached hydrogens (tertiary/aromatic N) is 1. The van der Waals surface area contributed by atoms with Crippen molar-refractivity contribution in [1.29, 1.82) is 0 Å². The van der Waals surface area contributed by atoms with Crippen LogP contribution < -0.4 is 14.8 Å². The summed E-state index contributed by atoms with van der Waals surface area (Å²) in [5.74, 6) is -0.131. The first-order valence-electron chi connectivity index (χ1n) is 8.76. The highest BCUT2D eigenvalue weighted by Gasteiger charge is 2.40. The Bertz CT molecular complexity index is 765. The van der Waals surface area contributed by atoms with Crippen molar-refractivity contribution in [3.05, 3.63) is 29.3 Å². The van der Waals surface area contributed by atoms with Crippen LogP contribution in [-0.4, -0.2) is 42.5 Å². The third kappa shape index (κ3) is 3.42. The number of imide groups is 2. The Kier molecular flexibility index (Phi) is 5.25. The second kappa shape index (κ2) is 7.59. The summed E-state index contributed by atoms with van der Waals surface area (Å²) in [7, 11) is 1.52. The average Bonchev–Trinajstić information content (AvgIpc) is 3.14. The Morgan fingerprint density at radius 1 is 1.19 bits per heavy atom. The van der Waals surface area contributed by atoms with Gasteiger partial charge in [0, 0.05) is 6.04 Å². The standard InChI is InChI=1S/C19H22N2O5/c1-3-26-15-9-8-12(11-16(15)25-2)10-14-17(22)20-19(24)21(18(14)23)13-6-4-5-7-13/h8-11,13H,3-7H2,1-2H3,(H,20,22,24)/b14-10-. The van der Waals surface area contributed by atoms with Crippen molar-refractivity contribution in [3.63, 3.8) is 0 Å². The number of hydrogen-bond donors (Lipinski definition) is 1. The molecule has 0 unspecified atom stereocenters. The van der Waals surface area contributed by atoms with Crippen LogP contribution in [0.1, 0.15) is 38.2 Å². The fourth-order valence-electron chi connectivity index (χ4n) is 3.38. The molecule has 4 amide bonds. The van der Waals surface area contributed by atoms with Crippen LogP contribution in [0.2, 0.25) is 0 Å². The van der Waals surface area contributed by atoms with Gasteiger partial charge in [-0.1, -0.05) is 18.9 Å². The van der Waals surface area contributed by atoms with Crippen LogP contribution in [0.15, 0.2) is 23.8 Å². The Balaban J connectivity index is 1.92. The van der Waals surface area contributed by atoms with E-state index in [0.29, 0.717) is 23.7 Å². The average molecular weight is 358 g/mol. The third-order valence-electron chi connectivity index (χ3n) is 4.62. The summed E-state index contributed by atoms with van der Waals surface area (Å²) in [6, 6.07) is 4.37. The van der Waals surface area contributed by atoms with Gasteiger partial charge in [0.2, 0.25) is 0 Å². The minimum absolute atomic E-state index is 0.0530. The lowest BCUT2D eigenvalue weighted by atomic mass is 10.0. The van der Waals surface area contributed by atoms with E-state index < -0.39 is 17.8 Å². The maximum atomic E-state index is 12.8. The second-order valence-corrected chi connectivity index (χ2v) is 6.27. The number of amides is 4. The molecule has 1 saturated carbocycles. The molecule has 0 spiro atoms. The van der Waals surface area contributed by atoms with E-state index in [9.17, 15) is 14.4 Å². The van der Waals surface area contributed by atoms with Crippen LogP contribution in [0.25, 0.3) is 6.08 Å². The van der Waals surface area contributed by atoms with Crippen LogP contribution in [0.3, 0.4) is 0 Å². The topological polar surface area (TPSA) is 84.9 Å². The van der Waals surface area contributed by atoms with Crippen LogP contribution in [0, 0.1) is 0 Å². The lowest BCUT2D eigenvalue weighted by molar-refractivity contribution is -0.131. The Morgan fingerprint density at radius 2 is 1.92 bits per heavy atom. The minimum Gasteiger partial charge on any atom is -0.493 e. The molecule has 2 aliphatic rings. The molecule has 3 rings (SSSR count). The molecule has 7 heteroatoms. The van der Waals surface area contributed by atoms with E-state index in [0.717, 1.165) is 25.7 Å². The number of benzene rings is 1. The van der Waals surface area contributed by atoms with Gasteiger partial charge in [0.1, 0.15) is 5.57 Å².